The van der Waals surface area contributed by atoms with Gasteiger partial charge in [-0.25, -0.2) is 4.79 Å². The first kappa shape index (κ1) is 15.2. The van der Waals surface area contributed by atoms with Gasteiger partial charge in [0.1, 0.15) is 5.60 Å². The number of rotatable bonds is 3. The molecule has 124 valence electrons. The number of ether oxygens (including phenoxy) is 1. The molecule has 1 amide bonds. The van der Waals surface area contributed by atoms with E-state index in [2.05, 4.69) is 58.7 Å². The number of amides is 1. The molecule has 2 aliphatic heterocycles. The standard InChI is InChI=1S/C20H22N2O2/c23-19-21-14-20(24-19)11-6-12-22(15-20)13-17-9-4-5-10-18(17)16-7-2-1-3-8-16/h1-5,7-10H,6,11-15H2,(H,21,23)/t20-/m1/s1. The van der Waals surface area contributed by atoms with Crippen LogP contribution in [-0.4, -0.2) is 36.2 Å². The van der Waals surface area contributed by atoms with Gasteiger partial charge in [-0.05, 0) is 36.1 Å². The van der Waals surface area contributed by atoms with Crippen molar-refractivity contribution < 1.29 is 9.53 Å². The molecule has 2 aromatic carbocycles. The Balaban J connectivity index is 1.55. The van der Waals surface area contributed by atoms with Crippen LogP contribution in [0.25, 0.3) is 11.1 Å². The third-order valence-corrected chi connectivity index (χ3v) is 4.98. The van der Waals surface area contributed by atoms with Crippen LogP contribution in [0.5, 0.6) is 0 Å². The van der Waals surface area contributed by atoms with E-state index in [0.717, 1.165) is 32.5 Å². The van der Waals surface area contributed by atoms with Crippen LogP contribution in [0.3, 0.4) is 0 Å². The van der Waals surface area contributed by atoms with Gasteiger partial charge in [-0.15, -0.1) is 0 Å². The average Bonchev–Trinajstić information content (AvgIpc) is 2.96. The molecule has 2 aromatic rings. The van der Waals surface area contributed by atoms with Crippen molar-refractivity contribution in [2.75, 3.05) is 19.6 Å². The highest BCUT2D eigenvalue weighted by Gasteiger charge is 2.43. The molecule has 0 aromatic heterocycles. The van der Waals surface area contributed by atoms with Crippen LogP contribution in [0.1, 0.15) is 18.4 Å². The summed E-state index contributed by atoms with van der Waals surface area (Å²) in [4.78, 5) is 13.9. The SMILES string of the molecule is O=C1NC[C@@]2(CCCN(Cc3ccccc3-c3ccccc3)C2)O1. The Labute approximate surface area is 142 Å². The zero-order valence-corrected chi connectivity index (χ0v) is 13.7. The highest BCUT2D eigenvalue weighted by Crippen LogP contribution is 2.30. The maximum atomic E-state index is 11.5. The highest BCUT2D eigenvalue weighted by atomic mass is 16.6. The molecule has 0 unspecified atom stereocenters. The van der Waals surface area contributed by atoms with E-state index in [0.29, 0.717) is 6.54 Å². The largest absolute Gasteiger partial charge is 0.440 e. The summed E-state index contributed by atoms with van der Waals surface area (Å²) >= 11 is 0. The number of alkyl carbamates (subject to hydrolysis) is 1. The van der Waals surface area contributed by atoms with Gasteiger partial charge in [0, 0.05) is 13.1 Å². The Morgan fingerprint density at radius 1 is 1.08 bits per heavy atom. The minimum absolute atomic E-state index is 0.276. The number of nitrogens with zero attached hydrogens (tertiary/aromatic N) is 1. The van der Waals surface area contributed by atoms with E-state index in [4.69, 9.17) is 4.74 Å². The van der Waals surface area contributed by atoms with E-state index in [1.165, 1.54) is 16.7 Å². The molecule has 0 saturated carbocycles. The first-order chi connectivity index (χ1) is 11.7. The van der Waals surface area contributed by atoms with E-state index >= 15 is 0 Å². The van der Waals surface area contributed by atoms with Crippen molar-refractivity contribution in [1.29, 1.82) is 0 Å². The minimum Gasteiger partial charge on any atom is -0.440 e. The summed E-state index contributed by atoms with van der Waals surface area (Å²) in [5.74, 6) is 0. The minimum atomic E-state index is -0.336. The second-order valence-electron chi connectivity index (χ2n) is 6.76. The number of nitrogens with one attached hydrogen (secondary N) is 1. The van der Waals surface area contributed by atoms with E-state index < -0.39 is 0 Å². The molecule has 1 N–H and O–H groups in total. The fourth-order valence-corrected chi connectivity index (χ4v) is 3.85. The lowest BCUT2D eigenvalue weighted by atomic mass is 9.92. The summed E-state index contributed by atoms with van der Waals surface area (Å²) in [6.07, 6.45) is 1.73. The summed E-state index contributed by atoms with van der Waals surface area (Å²) in [6.45, 7) is 3.35. The summed E-state index contributed by atoms with van der Waals surface area (Å²) in [5.41, 5.74) is 3.50. The fraction of sp³-hybridized carbons (Fsp3) is 0.350. The molecule has 2 aliphatic rings. The van der Waals surface area contributed by atoms with E-state index in [-0.39, 0.29) is 11.7 Å². The molecule has 2 saturated heterocycles. The van der Waals surface area contributed by atoms with Crippen molar-refractivity contribution in [3.8, 4) is 11.1 Å². The number of benzene rings is 2. The third kappa shape index (κ3) is 3.02. The summed E-state index contributed by atoms with van der Waals surface area (Å²) in [6, 6.07) is 19.1. The lowest BCUT2D eigenvalue weighted by Crippen LogP contribution is -2.50. The van der Waals surface area contributed by atoms with Crippen LogP contribution in [0.15, 0.2) is 54.6 Å². The first-order valence-corrected chi connectivity index (χ1v) is 8.57. The van der Waals surface area contributed by atoms with Crippen LogP contribution < -0.4 is 5.32 Å². The van der Waals surface area contributed by atoms with Gasteiger partial charge in [0.05, 0.1) is 6.54 Å². The molecule has 4 heteroatoms. The Morgan fingerprint density at radius 3 is 2.67 bits per heavy atom. The molecule has 0 aliphatic carbocycles. The molecule has 2 heterocycles. The van der Waals surface area contributed by atoms with E-state index in [1.54, 1.807) is 0 Å². The number of piperidine rings is 1. The number of hydrogen-bond acceptors (Lipinski definition) is 3. The molecule has 2 fully saturated rings. The van der Waals surface area contributed by atoms with E-state index in [1.807, 2.05) is 6.07 Å². The third-order valence-electron chi connectivity index (χ3n) is 4.98. The van der Waals surface area contributed by atoms with Gasteiger partial charge in [0.15, 0.2) is 0 Å². The lowest BCUT2D eigenvalue weighted by molar-refractivity contribution is -0.0110. The van der Waals surface area contributed by atoms with Gasteiger partial charge >= 0.3 is 6.09 Å². The van der Waals surface area contributed by atoms with Crippen molar-refractivity contribution in [3.05, 3.63) is 60.2 Å². The average molecular weight is 322 g/mol. The second kappa shape index (κ2) is 6.29. The smallest absolute Gasteiger partial charge is 0.407 e. The Kier molecular flexibility index (Phi) is 3.98. The van der Waals surface area contributed by atoms with Gasteiger partial charge < -0.3 is 10.1 Å². The molecular formula is C20H22N2O2. The molecule has 4 rings (SSSR count). The van der Waals surface area contributed by atoms with Crippen LogP contribution in [0.2, 0.25) is 0 Å². The van der Waals surface area contributed by atoms with Crippen LogP contribution in [0, 0.1) is 0 Å². The first-order valence-electron chi connectivity index (χ1n) is 8.57. The van der Waals surface area contributed by atoms with Gasteiger partial charge in [0.2, 0.25) is 0 Å². The summed E-state index contributed by atoms with van der Waals surface area (Å²) in [5, 5.41) is 2.81. The Morgan fingerprint density at radius 2 is 1.88 bits per heavy atom. The molecule has 0 radical (unpaired) electrons. The van der Waals surface area contributed by atoms with Gasteiger partial charge in [-0.1, -0.05) is 54.6 Å². The van der Waals surface area contributed by atoms with Crippen LogP contribution in [0.4, 0.5) is 4.79 Å². The van der Waals surface area contributed by atoms with Gasteiger partial charge in [-0.2, -0.15) is 0 Å². The molecule has 1 atom stereocenters. The van der Waals surface area contributed by atoms with E-state index in [9.17, 15) is 4.79 Å². The molecule has 0 bridgehead atoms. The number of hydrogen-bond donors (Lipinski definition) is 1. The van der Waals surface area contributed by atoms with Crippen molar-refractivity contribution in [2.45, 2.75) is 25.0 Å². The number of carbonyl (C=O) groups is 1. The van der Waals surface area contributed by atoms with Crippen molar-refractivity contribution in [1.82, 2.24) is 10.2 Å². The molecule has 1 spiro atoms. The predicted octanol–water partition coefficient (Wildman–Crippen LogP) is 3.43. The molecule has 24 heavy (non-hydrogen) atoms. The zero-order chi connectivity index (χ0) is 16.4. The Hall–Kier alpha value is -2.33. The number of likely N-dealkylation sites (tertiary alicyclic amines) is 1. The lowest BCUT2D eigenvalue weighted by Gasteiger charge is -2.38. The van der Waals surface area contributed by atoms with Crippen molar-refractivity contribution in [3.63, 3.8) is 0 Å². The molecule has 4 nitrogen and oxygen atoms in total. The fourth-order valence-electron chi connectivity index (χ4n) is 3.85. The van der Waals surface area contributed by atoms with Gasteiger partial charge in [0.25, 0.3) is 0 Å². The molecular weight excluding hydrogens is 300 g/mol. The second-order valence-corrected chi connectivity index (χ2v) is 6.76. The quantitative estimate of drug-likeness (QED) is 0.941. The monoisotopic (exact) mass is 322 g/mol. The van der Waals surface area contributed by atoms with Gasteiger partial charge in [-0.3, -0.25) is 4.90 Å². The normalized spacial score (nSPS) is 23.9. The zero-order valence-electron chi connectivity index (χ0n) is 13.7. The van der Waals surface area contributed by atoms with Crippen LogP contribution >= 0.6 is 0 Å². The van der Waals surface area contributed by atoms with Crippen molar-refractivity contribution >= 4 is 6.09 Å². The van der Waals surface area contributed by atoms with Crippen molar-refractivity contribution in [2.24, 2.45) is 0 Å². The maximum Gasteiger partial charge on any atom is 0.407 e. The summed E-state index contributed by atoms with van der Waals surface area (Å²) < 4.78 is 5.58. The van der Waals surface area contributed by atoms with Crippen LogP contribution in [-0.2, 0) is 11.3 Å². The Bertz CT molecular complexity index is 731. The number of carbonyl (C=O) groups excluding carboxylic acids is 1. The topological polar surface area (TPSA) is 41.6 Å². The highest BCUT2D eigenvalue weighted by molar-refractivity contribution is 5.70. The predicted molar refractivity (Wildman–Crippen MR) is 93.6 cm³/mol. The maximum absolute atomic E-state index is 11.5. The summed E-state index contributed by atoms with van der Waals surface area (Å²) in [7, 11) is 0.